The minimum absolute atomic E-state index is 0.166. The number of pyridine rings is 1. The van der Waals surface area contributed by atoms with E-state index in [2.05, 4.69) is 52.5 Å². The molecule has 2 aliphatic rings. The molecule has 3 aromatic rings. The highest BCUT2D eigenvalue weighted by Gasteiger charge is 2.61. The van der Waals surface area contributed by atoms with Gasteiger partial charge >= 0.3 is 6.03 Å². The molecule has 0 bridgehead atoms. The first-order valence-electron chi connectivity index (χ1n) is 10.2. The van der Waals surface area contributed by atoms with Crippen LogP contribution in [-0.4, -0.2) is 40.0 Å². The van der Waals surface area contributed by atoms with Crippen molar-refractivity contribution in [1.82, 2.24) is 14.7 Å². The van der Waals surface area contributed by atoms with E-state index in [9.17, 15) is 9.59 Å². The summed E-state index contributed by atoms with van der Waals surface area (Å²) in [6, 6.07) is 13.0. The lowest BCUT2D eigenvalue weighted by Gasteiger charge is -2.50. The van der Waals surface area contributed by atoms with E-state index < -0.39 is 11.0 Å². The second-order valence-electron chi connectivity index (χ2n) is 8.95. The molecule has 0 radical (unpaired) electrons. The van der Waals surface area contributed by atoms with Crippen molar-refractivity contribution in [3.63, 3.8) is 0 Å². The Kier molecular flexibility index (Phi) is 3.93. The molecule has 1 N–H and O–H groups in total. The monoisotopic (exact) mass is 403 g/mol. The molecule has 2 aromatic heterocycles. The van der Waals surface area contributed by atoms with Gasteiger partial charge in [0.1, 0.15) is 17.7 Å². The molecule has 154 valence electrons. The van der Waals surface area contributed by atoms with Crippen molar-refractivity contribution in [2.45, 2.75) is 32.7 Å². The molecule has 0 aliphatic carbocycles. The van der Waals surface area contributed by atoms with Gasteiger partial charge in [-0.3, -0.25) is 9.20 Å². The van der Waals surface area contributed by atoms with Gasteiger partial charge in [-0.25, -0.2) is 14.7 Å². The Morgan fingerprint density at radius 1 is 1.10 bits per heavy atom. The Bertz CT molecular complexity index is 1150. The summed E-state index contributed by atoms with van der Waals surface area (Å²) in [6.45, 7) is 7.50. The lowest BCUT2D eigenvalue weighted by atomic mass is 9.67. The first kappa shape index (κ1) is 18.7. The number of rotatable bonds is 2. The van der Waals surface area contributed by atoms with Crippen LogP contribution in [0.1, 0.15) is 25.8 Å². The number of para-hydroxylation sites is 1. The lowest BCUT2D eigenvalue weighted by molar-refractivity contribution is -0.127. The Labute approximate surface area is 175 Å². The van der Waals surface area contributed by atoms with Crippen molar-refractivity contribution in [3.05, 3.63) is 60.6 Å². The standard InChI is InChI=1S/C23H25N5O2/c1-16-11-18-13-24-15-27(18)19(12-16)26-10-9-23(22(2,3)14-26)20(29)28(21(30)25-23)17-7-5-4-6-8-17/h4-8,11-13,15H,9-10,14H2,1-3H3,(H,25,30). The van der Waals surface area contributed by atoms with Crippen molar-refractivity contribution >= 4 is 29.0 Å². The van der Waals surface area contributed by atoms with Gasteiger partial charge in [0.05, 0.1) is 17.4 Å². The summed E-state index contributed by atoms with van der Waals surface area (Å²) in [5.74, 6) is 0.891. The number of aryl methyl sites for hydroxylation is 1. The number of hydrogen-bond donors (Lipinski definition) is 1. The molecule has 1 aromatic carbocycles. The van der Waals surface area contributed by atoms with E-state index in [1.807, 2.05) is 30.7 Å². The molecular formula is C23H25N5O2. The molecule has 4 heterocycles. The number of nitrogens with one attached hydrogen (secondary N) is 1. The van der Waals surface area contributed by atoms with Crippen LogP contribution in [0.25, 0.3) is 5.52 Å². The number of urea groups is 1. The van der Waals surface area contributed by atoms with Gasteiger partial charge in [-0.15, -0.1) is 0 Å². The van der Waals surface area contributed by atoms with E-state index in [1.165, 1.54) is 4.90 Å². The third-order valence-electron chi connectivity index (χ3n) is 6.57. The number of carbonyl (C=O) groups excluding carboxylic acids is 2. The van der Waals surface area contributed by atoms with Gasteiger partial charge in [0.2, 0.25) is 0 Å². The normalized spacial score (nSPS) is 23.4. The zero-order valence-electron chi connectivity index (χ0n) is 17.4. The average Bonchev–Trinajstić information content (AvgIpc) is 3.27. The first-order valence-corrected chi connectivity index (χ1v) is 10.2. The van der Waals surface area contributed by atoms with Crippen LogP contribution in [0.5, 0.6) is 0 Å². The maximum atomic E-state index is 13.6. The molecule has 30 heavy (non-hydrogen) atoms. The highest BCUT2D eigenvalue weighted by molar-refractivity contribution is 6.23. The van der Waals surface area contributed by atoms with E-state index in [4.69, 9.17) is 0 Å². The number of imidazole rings is 1. The van der Waals surface area contributed by atoms with Gasteiger partial charge in [-0.05, 0) is 43.2 Å². The Hall–Kier alpha value is -3.35. The van der Waals surface area contributed by atoms with Crippen LogP contribution in [0.15, 0.2) is 55.0 Å². The number of imide groups is 1. The molecule has 2 fully saturated rings. The fraction of sp³-hybridized carbons (Fsp3) is 0.348. The lowest BCUT2D eigenvalue weighted by Crippen LogP contribution is -2.66. The summed E-state index contributed by atoms with van der Waals surface area (Å²) in [4.78, 5) is 34.3. The molecule has 1 atom stereocenters. The van der Waals surface area contributed by atoms with Gasteiger partial charge in [-0.2, -0.15) is 0 Å². The highest BCUT2D eigenvalue weighted by atomic mass is 16.2. The molecule has 5 rings (SSSR count). The summed E-state index contributed by atoms with van der Waals surface area (Å²) in [5.41, 5.74) is 1.42. The quantitative estimate of drug-likeness (QED) is 0.666. The second kappa shape index (κ2) is 6.32. The van der Waals surface area contributed by atoms with Crippen molar-refractivity contribution in [1.29, 1.82) is 0 Å². The van der Waals surface area contributed by atoms with Crippen molar-refractivity contribution in [2.75, 3.05) is 22.9 Å². The van der Waals surface area contributed by atoms with Crippen LogP contribution < -0.4 is 15.1 Å². The van der Waals surface area contributed by atoms with E-state index in [0.717, 1.165) is 16.9 Å². The number of fused-ring (bicyclic) bond motifs is 1. The topological polar surface area (TPSA) is 70.0 Å². The number of benzene rings is 1. The number of piperidine rings is 1. The van der Waals surface area contributed by atoms with Crippen molar-refractivity contribution in [2.24, 2.45) is 5.41 Å². The zero-order chi connectivity index (χ0) is 21.1. The number of carbonyl (C=O) groups is 2. The van der Waals surface area contributed by atoms with E-state index in [0.29, 0.717) is 25.2 Å². The summed E-state index contributed by atoms with van der Waals surface area (Å²) < 4.78 is 2.08. The fourth-order valence-electron chi connectivity index (χ4n) is 4.94. The molecule has 1 unspecified atom stereocenters. The maximum Gasteiger partial charge on any atom is 0.329 e. The fourth-order valence-corrected chi connectivity index (χ4v) is 4.94. The Morgan fingerprint density at radius 2 is 1.87 bits per heavy atom. The predicted molar refractivity (Wildman–Crippen MR) is 116 cm³/mol. The van der Waals surface area contributed by atoms with Crippen molar-refractivity contribution in [3.8, 4) is 0 Å². The number of anilines is 2. The number of hydrogen-bond acceptors (Lipinski definition) is 4. The number of amides is 3. The largest absolute Gasteiger partial charge is 0.357 e. The zero-order valence-corrected chi connectivity index (χ0v) is 17.4. The maximum absolute atomic E-state index is 13.6. The van der Waals surface area contributed by atoms with Crippen LogP contribution in [-0.2, 0) is 4.79 Å². The van der Waals surface area contributed by atoms with E-state index in [-0.39, 0.29) is 11.9 Å². The third kappa shape index (κ3) is 2.54. The predicted octanol–water partition coefficient (Wildman–Crippen LogP) is 3.37. The summed E-state index contributed by atoms with van der Waals surface area (Å²) in [7, 11) is 0. The first-order chi connectivity index (χ1) is 14.3. The molecule has 7 heteroatoms. The summed E-state index contributed by atoms with van der Waals surface area (Å²) in [6.07, 6.45) is 4.21. The molecule has 2 aliphatic heterocycles. The van der Waals surface area contributed by atoms with Gasteiger partial charge in [0.15, 0.2) is 0 Å². The second-order valence-corrected chi connectivity index (χ2v) is 8.95. The molecule has 0 saturated carbocycles. The third-order valence-corrected chi connectivity index (χ3v) is 6.57. The molecule has 7 nitrogen and oxygen atoms in total. The van der Waals surface area contributed by atoms with Crippen LogP contribution in [0.3, 0.4) is 0 Å². The number of nitrogens with zero attached hydrogens (tertiary/aromatic N) is 4. The van der Waals surface area contributed by atoms with Crippen LogP contribution in [0, 0.1) is 12.3 Å². The Balaban J connectivity index is 1.50. The average molecular weight is 403 g/mol. The SMILES string of the molecule is Cc1cc(N2CCC3(NC(=O)N(c4ccccc4)C3=O)C(C)(C)C2)n2cncc2c1. The summed E-state index contributed by atoms with van der Waals surface area (Å²) in [5, 5.41) is 3.07. The van der Waals surface area contributed by atoms with Gasteiger partial charge in [0.25, 0.3) is 5.91 Å². The van der Waals surface area contributed by atoms with Crippen molar-refractivity contribution < 1.29 is 9.59 Å². The minimum atomic E-state index is -0.922. The molecule has 3 amide bonds. The smallest absolute Gasteiger partial charge is 0.329 e. The summed E-state index contributed by atoms with van der Waals surface area (Å²) >= 11 is 0. The highest BCUT2D eigenvalue weighted by Crippen LogP contribution is 2.44. The Morgan fingerprint density at radius 3 is 2.60 bits per heavy atom. The van der Waals surface area contributed by atoms with Crippen LogP contribution in [0.2, 0.25) is 0 Å². The van der Waals surface area contributed by atoms with Crippen LogP contribution in [0.4, 0.5) is 16.3 Å². The minimum Gasteiger partial charge on any atom is -0.357 e. The molecule has 1 spiro atoms. The van der Waals surface area contributed by atoms with E-state index >= 15 is 0 Å². The molecular weight excluding hydrogens is 378 g/mol. The van der Waals surface area contributed by atoms with Gasteiger partial charge in [-0.1, -0.05) is 32.0 Å². The number of aromatic nitrogens is 2. The molecule has 2 saturated heterocycles. The van der Waals surface area contributed by atoms with Gasteiger partial charge in [0, 0.05) is 18.5 Å². The van der Waals surface area contributed by atoms with Crippen LogP contribution >= 0.6 is 0 Å². The van der Waals surface area contributed by atoms with Gasteiger partial charge < -0.3 is 10.2 Å². The van der Waals surface area contributed by atoms with E-state index in [1.54, 1.807) is 12.1 Å².